The molecule has 4 saturated carbocycles. The minimum absolute atomic E-state index is 0.00928. The van der Waals surface area contributed by atoms with E-state index in [-0.39, 0.29) is 23.8 Å². The van der Waals surface area contributed by atoms with E-state index in [1.807, 2.05) is 0 Å². The Kier molecular flexibility index (Phi) is 3.54. The monoisotopic (exact) mass is 318 g/mol. The highest BCUT2D eigenvalue weighted by molar-refractivity contribution is 5.82. The average molecular weight is 318 g/mol. The Bertz CT molecular complexity index is 564. The van der Waals surface area contributed by atoms with Crippen LogP contribution >= 0.6 is 0 Å². The van der Waals surface area contributed by atoms with E-state index < -0.39 is 0 Å². The fraction of sp³-hybridized carbons (Fsp3) is 0.800. The Labute approximate surface area is 134 Å². The van der Waals surface area contributed by atoms with Crippen LogP contribution < -0.4 is 10.9 Å². The molecule has 4 aliphatic rings. The molecule has 0 spiro atoms. The number of nitrogens with zero attached hydrogens (tertiary/aromatic N) is 4. The summed E-state index contributed by atoms with van der Waals surface area (Å²) in [6.45, 7) is -0.00928. The van der Waals surface area contributed by atoms with Crippen LogP contribution in [0, 0.1) is 23.2 Å². The summed E-state index contributed by atoms with van der Waals surface area (Å²) in [4.78, 5) is 24.0. The van der Waals surface area contributed by atoms with Crippen LogP contribution in [0.2, 0.25) is 0 Å². The Morgan fingerprint density at radius 3 is 2.22 bits per heavy atom. The SMILES string of the molecule is O=C(Cn1cnnn1)NNC(=O)CC12CC3CC(CC(C3)C1)C2. The van der Waals surface area contributed by atoms with Gasteiger partial charge in [-0.25, -0.2) is 4.68 Å². The van der Waals surface area contributed by atoms with Gasteiger partial charge in [-0.2, -0.15) is 0 Å². The molecule has 2 N–H and O–H groups in total. The fourth-order valence-electron chi connectivity index (χ4n) is 5.47. The third-order valence-electron chi connectivity index (χ3n) is 5.74. The summed E-state index contributed by atoms with van der Waals surface area (Å²) >= 11 is 0. The van der Waals surface area contributed by atoms with Gasteiger partial charge in [0.2, 0.25) is 5.91 Å². The lowest BCUT2D eigenvalue weighted by Gasteiger charge is -2.56. The molecule has 0 saturated heterocycles. The number of hydrogen-bond donors (Lipinski definition) is 2. The molecular weight excluding hydrogens is 296 g/mol. The molecule has 4 bridgehead atoms. The second-order valence-corrected chi connectivity index (χ2v) is 7.70. The molecular formula is C15H22N6O2. The summed E-state index contributed by atoms with van der Waals surface area (Å²) in [6.07, 6.45) is 9.54. The third kappa shape index (κ3) is 3.07. The van der Waals surface area contributed by atoms with E-state index in [2.05, 4.69) is 26.4 Å². The molecule has 2 amide bonds. The van der Waals surface area contributed by atoms with Crippen molar-refractivity contribution in [2.24, 2.45) is 23.2 Å². The minimum atomic E-state index is -0.337. The van der Waals surface area contributed by atoms with Crippen molar-refractivity contribution in [3.05, 3.63) is 6.33 Å². The topological polar surface area (TPSA) is 102 Å². The first-order valence-electron chi connectivity index (χ1n) is 8.39. The molecule has 1 aromatic heterocycles. The molecule has 4 fully saturated rings. The molecule has 8 nitrogen and oxygen atoms in total. The first-order chi connectivity index (χ1) is 11.1. The number of tetrazole rings is 1. The van der Waals surface area contributed by atoms with Gasteiger partial charge in [-0.15, -0.1) is 5.10 Å². The van der Waals surface area contributed by atoms with Crippen molar-refractivity contribution in [2.75, 3.05) is 0 Å². The number of rotatable bonds is 4. The smallest absolute Gasteiger partial charge is 0.260 e. The third-order valence-corrected chi connectivity index (χ3v) is 5.74. The predicted molar refractivity (Wildman–Crippen MR) is 79.3 cm³/mol. The first kappa shape index (κ1) is 14.6. The first-order valence-corrected chi connectivity index (χ1v) is 8.39. The maximum atomic E-state index is 12.3. The zero-order chi connectivity index (χ0) is 15.9. The van der Waals surface area contributed by atoms with E-state index in [1.165, 1.54) is 49.5 Å². The van der Waals surface area contributed by atoms with Gasteiger partial charge in [0.05, 0.1) is 0 Å². The van der Waals surface area contributed by atoms with Crippen molar-refractivity contribution in [3.63, 3.8) is 0 Å². The van der Waals surface area contributed by atoms with Gasteiger partial charge in [0.15, 0.2) is 0 Å². The number of carbonyl (C=O) groups is 2. The molecule has 124 valence electrons. The lowest BCUT2D eigenvalue weighted by molar-refractivity contribution is -0.134. The van der Waals surface area contributed by atoms with Crippen molar-refractivity contribution >= 4 is 11.8 Å². The van der Waals surface area contributed by atoms with E-state index in [0.717, 1.165) is 17.8 Å². The standard InChI is InChI=1S/C15H22N6O2/c22-13(17-18-14(23)8-21-9-16-19-20-21)7-15-4-10-1-11(5-15)3-12(2-10)6-15/h9-12H,1-8H2,(H,17,22)(H,18,23). The number of carbonyl (C=O) groups excluding carboxylic acids is 2. The molecule has 8 heteroatoms. The Morgan fingerprint density at radius 1 is 1.04 bits per heavy atom. The molecule has 1 heterocycles. The van der Waals surface area contributed by atoms with Crippen molar-refractivity contribution in [2.45, 2.75) is 51.5 Å². The number of amides is 2. The lowest BCUT2D eigenvalue weighted by atomic mass is 9.49. The second kappa shape index (κ2) is 5.58. The summed E-state index contributed by atoms with van der Waals surface area (Å²) in [5.74, 6) is 2.04. The molecule has 0 atom stereocenters. The highest BCUT2D eigenvalue weighted by atomic mass is 16.2. The normalized spacial score (nSPS) is 34.3. The average Bonchev–Trinajstić information content (AvgIpc) is 2.96. The minimum Gasteiger partial charge on any atom is -0.273 e. The van der Waals surface area contributed by atoms with Gasteiger partial charge in [-0.05, 0) is 72.1 Å². The van der Waals surface area contributed by atoms with Gasteiger partial charge in [0.25, 0.3) is 5.91 Å². The van der Waals surface area contributed by atoms with Gasteiger partial charge in [-0.3, -0.25) is 20.4 Å². The summed E-state index contributed by atoms with van der Waals surface area (Å²) in [5, 5.41) is 10.5. The van der Waals surface area contributed by atoms with Gasteiger partial charge in [0.1, 0.15) is 12.9 Å². The largest absolute Gasteiger partial charge is 0.273 e. The second-order valence-electron chi connectivity index (χ2n) is 7.70. The van der Waals surface area contributed by atoms with Gasteiger partial charge < -0.3 is 0 Å². The Balaban J connectivity index is 1.28. The maximum absolute atomic E-state index is 12.3. The quantitative estimate of drug-likeness (QED) is 0.784. The summed E-state index contributed by atoms with van der Waals surface area (Å²) < 4.78 is 1.31. The number of hydrazine groups is 1. The van der Waals surface area contributed by atoms with Crippen LogP contribution in [0.3, 0.4) is 0 Å². The molecule has 1 aromatic rings. The zero-order valence-electron chi connectivity index (χ0n) is 13.1. The zero-order valence-corrected chi connectivity index (χ0v) is 13.1. The fourth-order valence-corrected chi connectivity index (χ4v) is 5.47. The van der Waals surface area contributed by atoms with E-state index in [1.54, 1.807) is 0 Å². The van der Waals surface area contributed by atoms with Crippen molar-refractivity contribution in [3.8, 4) is 0 Å². The summed E-state index contributed by atoms with van der Waals surface area (Å²) in [6, 6.07) is 0. The molecule has 0 aliphatic heterocycles. The van der Waals surface area contributed by atoms with Crippen LogP contribution in [0.1, 0.15) is 44.9 Å². The Morgan fingerprint density at radius 2 is 1.65 bits per heavy atom. The predicted octanol–water partition coefficient (Wildman–Crippen LogP) is 0.427. The molecule has 4 aliphatic carbocycles. The number of hydrogen-bond acceptors (Lipinski definition) is 5. The molecule has 0 aromatic carbocycles. The van der Waals surface area contributed by atoms with Crippen LogP contribution in [0.4, 0.5) is 0 Å². The van der Waals surface area contributed by atoms with Crippen molar-refractivity contribution in [1.82, 2.24) is 31.1 Å². The molecule has 0 unspecified atom stereocenters. The maximum Gasteiger partial charge on any atom is 0.260 e. The van der Waals surface area contributed by atoms with Gasteiger partial charge >= 0.3 is 0 Å². The van der Waals surface area contributed by atoms with Crippen LogP contribution in [-0.2, 0) is 16.1 Å². The van der Waals surface area contributed by atoms with Gasteiger partial charge in [-0.1, -0.05) is 0 Å². The lowest BCUT2D eigenvalue weighted by Crippen LogP contribution is -2.50. The van der Waals surface area contributed by atoms with E-state index in [0.29, 0.717) is 6.42 Å². The highest BCUT2D eigenvalue weighted by Crippen LogP contribution is 2.61. The van der Waals surface area contributed by atoms with Crippen LogP contribution in [0.15, 0.2) is 6.33 Å². The van der Waals surface area contributed by atoms with E-state index in [9.17, 15) is 9.59 Å². The number of aromatic nitrogens is 4. The van der Waals surface area contributed by atoms with Crippen LogP contribution in [0.25, 0.3) is 0 Å². The molecule has 0 radical (unpaired) electrons. The molecule has 5 rings (SSSR count). The summed E-state index contributed by atoms with van der Waals surface area (Å²) in [5.41, 5.74) is 5.18. The Hall–Kier alpha value is -1.99. The van der Waals surface area contributed by atoms with Crippen LogP contribution in [0.5, 0.6) is 0 Å². The van der Waals surface area contributed by atoms with Gasteiger partial charge in [0, 0.05) is 6.42 Å². The number of nitrogens with one attached hydrogen (secondary N) is 2. The van der Waals surface area contributed by atoms with E-state index >= 15 is 0 Å². The van der Waals surface area contributed by atoms with Crippen molar-refractivity contribution < 1.29 is 9.59 Å². The highest BCUT2D eigenvalue weighted by Gasteiger charge is 2.51. The van der Waals surface area contributed by atoms with Crippen molar-refractivity contribution in [1.29, 1.82) is 0 Å². The van der Waals surface area contributed by atoms with Crippen LogP contribution in [-0.4, -0.2) is 32.0 Å². The summed E-state index contributed by atoms with van der Waals surface area (Å²) in [7, 11) is 0. The molecule has 23 heavy (non-hydrogen) atoms. The van der Waals surface area contributed by atoms with E-state index in [4.69, 9.17) is 0 Å².